The van der Waals surface area contributed by atoms with Gasteiger partial charge in [-0.2, -0.15) is 0 Å². The number of carboxylic acids is 1. The monoisotopic (exact) mass is 346 g/mol. The number of hydrogen-bond acceptors (Lipinski definition) is 3. The van der Waals surface area contributed by atoms with Gasteiger partial charge in [0.25, 0.3) is 0 Å². The average molecular weight is 347 g/mol. The molecule has 1 N–H and O–H groups in total. The second kappa shape index (κ2) is 7.04. The Kier molecular flexibility index (Phi) is 5.11. The zero-order valence-corrected chi connectivity index (χ0v) is 13.1. The maximum absolute atomic E-state index is 10.5. The molecule has 1 aromatic carbocycles. The van der Waals surface area contributed by atoms with E-state index in [-0.39, 0.29) is 0 Å². The first-order valence-corrected chi connectivity index (χ1v) is 7.16. The minimum atomic E-state index is -0.958. The Morgan fingerprint density at radius 1 is 1.33 bits per heavy atom. The van der Waals surface area contributed by atoms with Crippen molar-refractivity contribution in [2.75, 3.05) is 11.9 Å². The van der Waals surface area contributed by atoms with Gasteiger partial charge in [-0.1, -0.05) is 22.0 Å². The topological polar surface area (TPSA) is 53.4 Å². The first-order chi connectivity index (χ1) is 10.1. The van der Waals surface area contributed by atoms with E-state index in [9.17, 15) is 4.79 Å². The van der Waals surface area contributed by atoms with Crippen molar-refractivity contribution in [3.63, 3.8) is 0 Å². The van der Waals surface area contributed by atoms with Crippen LogP contribution in [0.2, 0.25) is 0 Å². The second-order valence-electron chi connectivity index (χ2n) is 4.59. The van der Waals surface area contributed by atoms with Gasteiger partial charge in [0.2, 0.25) is 0 Å². The normalized spacial score (nSPS) is 10.8. The van der Waals surface area contributed by atoms with Crippen molar-refractivity contribution in [2.24, 2.45) is 0 Å². The van der Waals surface area contributed by atoms with Crippen molar-refractivity contribution in [3.8, 4) is 0 Å². The quantitative estimate of drug-likeness (QED) is 0.840. The molecule has 0 atom stereocenters. The van der Waals surface area contributed by atoms with Crippen LogP contribution in [0.5, 0.6) is 0 Å². The van der Waals surface area contributed by atoms with Gasteiger partial charge in [-0.05, 0) is 41.5 Å². The summed E-state index contributed by atoms with van der Waals surface area (Å²) in [6.07, 6.45) is 6.25. The van der Waals surface area contributed by atoms with Crippen molar-refractivity contribution in [3.05, 3.63) is 64.4 Å². The predicted molar refractivity (Wildman–Crippen MR) is 87.2 cm³/mol. The number of halogens is 1. The number of aromatic nitrogens is 1. The fourth-order valence-corrected chi connectivity index (χ4v) is 2.40. The van der Waals surface area contributed by atoms with Crippen LogP contribution in [0.25, 0.3) is 6.08 Å². The van der Waals surface area contributed by atoms with E-state index in [1.165, 1.54) is 5.56 Å². The third-order valence-corrected chi connectivity index (χ3v) is 3.69. The summed E-state index contributed by atoms with van der Waals surface area (Å²) < 4.78 is 0.860. The number of carbonyl (C=O) groups is 1. The summed E-state index contributed by atoms with van der Waals surface area (Å²) in [6.45, 7) is 0.777. The third kappa shape index (κ3) is 4.43. The van der Waals surface area contributed by atoms with Gasteiger partial charge in [-0.15, -0.1) is 0 Å². The molecule has 0 fully saturated rings. The number of aliphatic carboxylic acids is 1. The molecule has 4 nitrogen and oxygen atoms in total. The van der Waals surface area contributed by atoms with Crippen LogP contribution in [-0.2, 0) is 11.3 Å². The molecule has 21 heavy (non-hydrogen) atoms. The number of nitrogens with zero attached hydrogens (tertiary/aromatic N) is 2. The van der Waals surface area contributed by atoms with Gasteiger partial charge in [-0.3, -0.25) is 4.98 Å². The molecular formula is C16H15BrN2O2. The van der Waals surface area contributed by atoms with Crippen molar-refractivity contribution in [1.29, 1.82) is 0 Å². The Bertz CT molecular complexity index is 657. The number of carboxylic acid groups (broad SMARTS) is 1. The molecule has 1 aromatic heterocycles. The van der Waals surface area contributed by atoms with Gasteiger partial charge in [0.05, 0.1) is 0 Å². The molecule has 0 unspecified atom stereocenters. The molecule has 0 aliphatic heterocycles. The molecule has 0 radical (unpaired) electrons. The van der Waals surface area contributed by atoms with Gasteiger partial charge >= 0.3 is 5.97 Å². The molecule has 0 aliphatic rings. The van der Waals surface area contributed by atoms with E-state index in [4.69, 9.17) is 5.11 Å². The summed E-state index contributed by atoms with van der Waals surface area (Å²) in [4.78, 5) is 16.7. The molecule has 2 rings (SSSR count). The fraction of sp³-hybridized carbons (Fsp3) is 0.125. The smallest absolute Gasteiger partial charge is 0.328 e. The van der Waals surface area contributed by atoms with E-state index in [1.807, 2.05) is 37.4 Å². The molecule has 0 aliphatic carbocycles. The first kappa shape index (κ1) is 15.3. The van der Waals surface area contributed by atoms with Gasteiger partial charge in [0, 0.05) is 42.2 Å². The highest BCUT2D eigenvalue weighted by Crippen LogP contribution is 2.25. The second-order valence-corrected chi connectivity index (χ2v) is 5.44. The summed E-state index contributed by atoms with van der Waals surface area (Å²) in [5.74, 6) is -0.958. The zero-order valence-electron chi connectivity index (χ0n) is 11.5. The molecule has 0 amide bonds. The highest BCUT2D eigenvalue weighted by Gasteiger charge is 2.05. The van der Waals surface area contributed by atoms with Gasteiger partial charge in [0.15, 0.2) is 0 Å². The maximum Gasteiger partial charge on any atom is 0.328 e. The lowest BCUT2D eigenvalue weighted by atomic mass is 10.1. The van der Waals surface area contributed by atoms with Gasteiger partial charge in [0.1, 0.15) is 0 Å². The van der Waals surface area contributed by atoms with Gasteiger partial charge < -0.3 is 10.0 Å². The number of anilines is 1. The van der Waals surface area contributed by atoms with E-state index in [2.05, 4.69) is 25.8 Å². The number of pyridine rings is 1. The molecule has 5 heteroatoms. The van der Waals surface area contributed by atoms with E-state index < -0.39 is 5.97 Å². The van der Waals surface area contributed by atoms with E-state index in [0.717, 1.165) is 28.3 Å². The number of benzene rings is 1. The van der Waals surface area contributed by atoms with Crippen molar-refractivity contribution >= 4 is 33.7 Å². The lowest BCUT2D eigenvalue weighted by molar-refractivity contribution is -0.131. The number of rotatable bonds is 5. The summed E-state index contributed by atoms with van der Waals surface area (Å²) in [5.41, 5.74) is 3.06. The largest absolute Gasteiger partial charge is 0.478 e. The molecule has 2 aromatic rings. The lowest BCUT2D eigenvalue weighted by Gasteiger charge is -2.20. The number of hydrogen-bond donors (Lipinski definition) is 1. The van der Waals surface area contributed by atoms with E-state index in [1.54, 1.807) is 18.5 Å². The Hall–Kier alpha value is -2.14. The molecule has 108 valence electrons. The Balaban J connectivity index is 2.14. The Morgan fingerprint density at radius 3 is 2.67 bits per heavy atom. The summed E-state index contributed by atoms with van der Waals surface area (Å²) in [7, 11) is 2.01. The SMILES string of the molecule is CN(Cc1ccncc1)c1ccc(/C=C/C(=O)O)c(Br)c1. The van der Waals surface area contributed by atoms with Crippen molar-refractivity contribution in [1.82, 2.24) is 4.98 Å². The van der Waals surface area contributed by atoms with E-state index >= 15 is 0 Å². The van der Waals surface area contributed by atoms with Crippen molar-refractivity contribution < 1.29 is 9.90 Å². The maximum atomic E-state index is 10.5. The van der Waals surface area contributed by atoms with E-state index in [0.29, 0.717) is 0 Å². The molecular weight excluding hydrogens is 332 g/mol. The first-order valence-electron chi connectivity index (χ1n) is 6.37. The highest BCUT2D eigenvalue weighted by molar-refractivity contribution is 9.10. The minimum Gasteiger partial charge on any atom is -0.478 e. The summed E-state index contributed by atoms with van der Waals surface area (Å²) in [6, 6.07) is 9.79. The van der Waals surface area contributed by atoms with Gasteiger partial charge in [-0.25, -0.2) is 4.79 Å². The highest BCUT2D eigenvalue weighted by atomic mass is 79.9. The summed E-state index contributed by atoms with van der Waals surface area (Å²) in [5, 5.41) is 8.66. The molecule has 0 bridgehead atoms. The third-order valence-electron chi connectivity index (χ3n) is 3.00. The zero-order chi connectivity index (χ0) is 15.2. The van der Waals surface area contributed by atoms with Crippen LogP contribution in [0, 0.1) is 0 Å². The molecule has 0 saturated carbocycles. The lowest BCUT2D eigenvalue weighted by Crippen LogP contribution is -2.16. The molecule has 1 heterocycles. The predicted octanol–water partition coefficient (Wildman–Crippen LogP) is 3.58. The molecule has 0 saturated heterocycles. The fourth-order valence-electron chi connectivity index (χ4n) is 1.90. The van der Waals surface area contributed by atoms with Crippen LogP contribution in [0.1, 0.15) is 11.1 Å². The average Bonchev–Trinajstić information content (AvgIpc) is 2.46. The Morgan fingerprint density at radius 2 is 2.05 bits per heavy atom. The van der Waals surface area contributed by atoms with Crippen LogP contribution in [0.15, 0.2) is 53.3 Å². The van der Waals surface area contributed by atoms with Crippen LogP contribution in [0.3, 0.4) is 0 Å². The van der Waals surface area contributed by atoms with Crippen LogP contribution >= 0.6 is 15.9 Å². The molecule has 0 spiro atoms. The van der Waals surface area contributed by atoms with Crippen molar-refractivity contribution in [2.45, 2.75) is 6.54 Å². The standard InChI is InChI=1S/C16H15BrN2O2/c1-19(11-12-6-8-18-9-7-12)14-4-2-13(15(17)10-14)3-5-16(20)21/h2-10H,11H2,1H3,(H,20,21)/b5-3+. The Labute approximate surface area is 131 Å². The summed E-state index contributed by atoms with van der Waals surface area (Å²) >= 11 is 3.47. The van der Waals surface area contributed by atoms with Crippen LogP contribution in [-0.4, -0.2) is 23.1 Å². The van der Waals surface area contributed by atoms with Crippen LogP contribution < -0.4 is 4.90 Å². The van der Waals surface area contributed by atoms with Crippen LogP contribution in [0.4, 0.5) is 5.69 Å². The minimum absolute atomic E-state index is 0.777.